The van der Waals surface area contributed by atoms with Gasteiger partial charge >= 0.3 is 5.97 Å². The third kappa shape index (κ3) is 44.2. The number of esters is 1. The van der Waals surface area contributed by atoms with Crippen LogP contribution in [-0.4, -0.2) is 99.6 Å². The van der Waals surface area contributed by atoms with Gasteiger partial charge in [0.25, 0.3) is 0 Å². The van der Waals surface area contributed by atoms with Crippen LogP contribution in [-0.2, 0) is 23.8 Å². The van der Waals surface area contributed by atoms with Gasteiger partial charge in [0, 0.05) is 6.42 Å². The molecule has 0 saturated carbocycles. The van der Waals surface area contributed by atoms with Crippen molar-refractivity contribution in [3.8, 4) is 0 Å². The van der Waals surface area contributed by atoms with Gasteiger partial charge < -0.3 is 45.1 Å². The summed E-state index contributed by atoms with van der Waals surface area (Å²) in [6.45, 7) is 5.79. The van der Waals surface area contributed by atoms with E-state index < -0.39 is 67.4 Å². The van der Waals surface area contributed by atoms with E-state index in [2.05, 4.69) is 62.5 Å². The van der Waals surface area contributed by atoms with Crippen molar-refractivity contribution in [1.29, 1.82) is 0 Å². The Morgan fingerprint density at radius 2 is 0.863 bits per heavy atom. The number of nitrogens with one attached hydrogen (secondary N) is 1. The highest BCUT2D eigenvalue weighted by atomic mass is 16.7. The van der Waals surface area contributed by atoms with Gasteiger partial charge in [0.2, 0.25) is 5.91 Å². The van der Waals surface area contributed by atoms with Crippen molar-refractivity contribution >= 4 is 11.9 Å². The van der Waals surface area contributed by atoms with Crippen LogP contribution in [0.5, 0.6) is 0 Å². The average molecular weight is 1130 g/mol. The Kier molecular flexibility index (Phi) is 54.0. The summed E-state index contributed by atoms with van der Waals surface area (Å²) in [4.78, 5) is 26.6. The van der Waals surface area contributed by atoms with E-state index in [9.17, 15) is 35.1 Å². The Hall–Kier alpha value is -2.38. The quantitative estimate of drug-likeness (QED) is 0.0195. The second-order valence-electron chi connectivity index (χ2n) is 23.6. The summed E-state index contributed by atoms with van der Waals surface area (Å²) in [5, 5.41) is 57.1. The molecule has 1 fully saturated rings. The highest BCUT2D eigenvalue weighted by Gasteiger charge is 2.47. The molecule has 0 aliphatic carbocycles. The Morgan fingerprint density at radius 3 is 1.31 bits per heavy atom. The predicted molar refractivity (Wildman–Crippen MR) is 334 cm³/mol. The van der Waals surface area contributed by atoms with Crippen molar-refractivity contribution in [3.63, 3.8) is 0 Å². The second-order valence-corrected chi connectivity index (χ2v) is 23.6. The largest absolute Gasteiger partial charge is 0.454 e. The number of unbranched alkanes of at least 4 members (excludes halogenated alkanes) is 38. The predicted octanol–water partition coefficient (Wildman–Crippen LogP) is 16.8. The maximum absolute atomic E-state index is 13.5. The lowest BCUT2D eigenvalue weighted by Crippen LogP contribution is -2.61. The molecule has 0 bridgehead atoms. The molecule has 1 aliphatic heterocycles. The van der Waals surface area contributed by atoms with Gasteiger partial charge in [-0.1, -0.05) is 275 Å². The molecule has 468 valence electrons. The van der Waals surface area contributed by atoms with E-state index in [1.165, 1.54) is 193 Å². The molecule has 8 unspecified atom stereocenters. The number of amides is 1. The lowest BCUT2D eigenvalue weighted by molar-refractivity contribution is -0.305. The zero-order valence-electron chi connectivity index (χ0n) is 52.0. The summed E-state index contributed by atoms with van der Waals surface area (Å²) in [6, 6.07) is -1.02. The molecule has 0 aromatic carbocycles. The Balaban J connectivity index is 2.61. The molecule has 6 N–H and O–H groups in total. The highest BCUT2D eigenvalue weighted by Crippen LogP contribution is 2.26. The lowest BCUT2D eigenvalue weighted by Gasteiger charge is -2.41. The van der Waals surface area contributed by atoms with Crippen LogP contribution in [0.4, 0.5) is 0 Å². The Labute approximate surface area is 491 Å². The SMILES string of the molecule is CCCCC/C=C\C/C=C\CCCCCCCCCC(=O)OC1C(OCC(NC(=O)C(O)CCCCCCCCCCCCCC/C=C/CCCCCCCC)C(O)/C=C/CCCCCCCCCCCC)OC(CO)C(O)C1O. The van der Waals surface area contributed by atoms with Crippen LogP contribution in [0.15, 0.2) is 48.6 Å². The van der Waals surface area contributed by atoms with E-state index in [-0.39, 0.29) is 13.0 Å². The number of hydrogen-bond acceptors (Lipinski definition) is 10. The standard InChI is InChI=1S/C69H127NO10/c1-4-7-10-13-16-19-22-25-27-29-30-31-32-33-35-36-38-41-44-47-50-53-56-62(73)68(77)70-60(61(72)55-52-49-46-43-40-24-21-18-15-12-9-6-3)59-78-69-67(66(76)65(75)63(58-71)79-69)80-64(74)57-54-51-48-45-42-39-37-34-28-26-23-20-17-14-11-8-5-2/h17,20,25-28,52,55,60-63,65-67,69,71-73,75-76H,4-16,18-19,21-24,29-51,53-54,56-59H2,1-3H3,(H,70,77)/b20-17-,27-25+,28-26-,55-52+. The highest BCUT2D eigenvalue weighted by molar-refractivity contribution is 5.80. The summed E-state index contributed by atoms with van der Waals surface area (Å²) < 4.78 is 17.7. The molecule has 1 aliphatic rings. The van der Waals surface area contributed by atoms with Crippen molar-refractivity contribution in [2.75, 3.05) is 13.2 Å². The van der Waals surface area contributed by atoms with Crippen LogP contribution in [0, 0.1) is 0 Å². The van der Waals surface area contributed by atoms with Gasteiger partial charge in [-0.2, -0.15) is 0 Å². The van der Waals surface area contributed by atoms with Gasteiger partial charge in [-0.15, -0.1) is 0 Å². The molecule has 1 saturated heterocycles. The van der Waals surface area contributed by atoms with Gasteiger partial charge in [-0.05, 0) is 83.5 Å². The van der Waals surface area contributed by atoms with E-state index in [1.807, 2.05) is 6.08 Å². The van der Waals surface area contributed by atoms with E-state index in [1.54, 1.807) is 6.08 Å². The Bertz CT molecular complexity index is 1490. The first kappa shape index (κ1) is 75.6. The first-order valence-electron chi connectivity index (χ1n) is 33.9. The number of ether oxygens (including phenoxy) is 3. The van der Waals surface area contributed by atoms with Crippen LogP contribution in [0.2, 0.25) is 0 Å². The number of hydrogen-bond donors (Lipinski definition) is 6. The van der Waals surface area contributed by atoms with Crippen molar-refractivity contribution in [1.82, 2.24) is 5.32 Å². The van der Waals surface area contributed by atoms with Gasteiger partial charge in [0.1, 0.15) is 24.4 Å². The van der Waals surface area contributed by atoms with Crippen molar-refractivity contribution in [3.05, 3.63) is 48.6 Å². The molecule has 0 aromatic heterocycles. The number of carbonyl (C=O) groups excluding carboxylic acids is 2. The molecule has 11 nitrogen and oxygen atoms in total. The molecule has 11 heteroatoms. The summed E-state index contributed by atoms with van der Waals surface area (Å²) in [5.41, 5.74) is 0. The van der Waals surface area contributed by atoms with Crippen LogP contribution in [0.25, 0.3) is 0 Å². The van der Waals surface area contributed by atoms with Crippen LogP contribution in [0.3, 0.4) is 0 Å². The number of aliphatic hydroxyl groups excluding tert-OH is 5. The summed E-state index contributed by atoms with van der Waals surface area (Å²) in [6.07, 6.45) is 60.0. The first-order valence-corrected chi connectivity index (χ1v) is 33.9. The van der Waals surface area contributed by atoms with Crippen LogP contribution in [0.1, 0.15) is 316 Å². The molecule has 0 radical (unpaired) electrons. The fourth-order valence-electron chi connectivity index (χ4n) is 10.6. The minimum absolute atomic E-state index is 0.116. The van der Waals surface area contributed by atoms with E-state index in [4.69, 9.17) is 14.2 Å². The van der Waals surface area contributed by atoms with Gasteiger partial charge in [0.05, 0.1) is 25.4 Å². The average Bonchev–Trinajstić information content (AvgIpc) is 3.45. The van der Waals surface area contributed by atoms with Gasteiger partial charge in [0.15, 0.2) is 12.4 Å². The topological polar surface area (TPSA) is 175 Å². The molecule has 1 rings (SSSR count). The van der Waals surface area contributed by atoms with Gasteiger partial charge in [-0.25, -0.2) is 0 Å². The van der Waals surface area contributed by atoms with E-state index >= 15 is 0 Å². The fourth-order valence-corrected chi connectivity index (χ4v) is 10.6. The molecular formula is C69H127NO10. The summed E-state index contributed by atoms with van der Waals surface area (Å²) >= 11 is 0. The smallest absolute Gasteiger partial charge is 0.306 e. The Morgan fingerprint density at radius 1 is 0.487 bits per heavy atom. The minimum Gasteiger partial charge on any atom is -0.454 e. The van der Waals surface area contributed by atoms with Crippen molar-refractivity contribution < 1.29 is 49.3 Å². The molecule has 1 heterocycles. The van der Waals surface area contributed by atoms with E-state index in [0.29, 0.717) is 19.3 Å². The first-order chi connectivity index (χ1) is 39.2. The van der Waals surface area contributed by atoms with E-state index in [0.717, 1.165) is 77.0 Å². The number of aliphatic hydroxyl groups is 5. The summed E-state index contributed by atoms with van der Waals surface area (Å²) in [5.74, 6) is -1.19. The van der Waals surface area contributed by atoms with Crippen LogP contribution < -0.4 is 5.32 Å². The van der Waals surface area contributed by atoms with Gasteiger partial charge in [-0.3, -0.25) is 9.59 Å². The summed E-state index contributed by atoms with van der Waals surface area (Å²) in [7, 11) is 0. The number of allylic oxidation sites excluding steroid dienone is 7. The lowest BCUT2D eigenvalue weighted by atomic mass is 9.99. The molecule has 0 aromatic rings. The number of carbonyl (C=O) groups is 2. The molecular weight excluding hydrogens is 1000 g/mol. The van der Waals surface area contributed by atoms with Crippen LogP contribution >= 0.6 is 0 Å². The third-order valence-electron chi connectivity index (χ3n) is 16.0. The monoisotopic (exact) mass is 1130 g/mol. The maximum atomic E-state index is 13.5. The minimum atomic E-state index is -1.62. The fraction of sp³-hybridized carbons (Fsp3) is 0.855. The molecule has 8 atom stereocenters. The second kappa shape index (κ2) is 57.1. The van der Waals surface area contributed by atoms with Crippen molar-refractivity contribution in [2.45, 2.75) is 365 Å². The zero-order valence-corrected chi connectivity index (χ0v) is 52.0. The number of rotatable bonds is 58. The maximum Gasteiger partial charge on any atom is 0.306 e. The molecule has 0 spiro atoms. The zero-order chi connectivity index (χ0) is 58.2. The van der Waals surface area contributed by atoms with Crippen molar-refractivity contribution in [2.24, 2.45) is 0 Å². The molecule has 80 heavy (non-hydrogen) atoms. The molecule has 1 amide bonds. The normalized spacial score (nSPS) is 19.0. The third-order valence-corrected chi connectivity index (χ3v) is 16.0.